The summed E-state index contributed by atoms with van der Waals surface area (Å²) in [4.78, 5) is 0. The van der Waals surface area contributed by atoms with E-state index in [9.17, 15) is 0 Å². The molecule has 2 nitrogen and oxygen atoms in total. The van der Waals surface area contributed by atoms with E-state index in [1.54, 1.807) is 0 Å². The van der Waals surface area contributed by atoms with Gasteiger partial charge in [-0.25, -0.2) is 0 Å². The highest BCUT2D eigenvalue weighted by Crippen LogP contribution is 2.31. The topological polar surface area (TPSA) is 29.5 Å². The van der Waals surface area contributed by atoms with Crippen LogP contribution in [-0.2, 0) is 4.74 Å². The molecule has 0 aliphatic carbocycles. The second-order valence-corrected chi connectivity index (χ2v) is 3.48. The maximum absolute atomic E-state index is 8.52. The molecule has 0 unspecified atom stereocenters. The SMILES string of the molecule is CC1(CCCCO)COC1. The molecule has 1 aliphatic heterocycles. The van der Waals surface area contributed by atoms with Gasteiger partial charge in [-0.3, -0.25) is 0 Å². The van der Waals surface area contributed by atoms with Crippen molar-refractivity contribution >= 4 is 0 Å². The van der Waals surface area contributed by atoms with Crippen molar-refractivity contribution in [2.24, 2.45) is 5.41 Å². The van der Waals surface area contributed by atoms with Crippen LogP contribution in [0.15, 0.2) is 0 Å². The van der Waals surface area contributed by atoms with Crippen LogP contribution in [0.4, 0.5) is 0 Å². The minimum atomic E-state index is 0.330. The lowest BCUT2D eigenvalue weighted by Gasteiger charge is -2.38. The van der Waals surface area contributed by atoms with Crippen LogP contribution in [0.2, 0.25) is 0 Å². The summed E-state index contributed by atoms with van der Waals surface area (Å²) in [6.45, 7) is 4.40. The predicted molar refractivity (Wildman–Crippen MR) is 39.9 cm³/mol. The van der Waals surface area contributed by atoms with Crippen LogP contribution in [0.1, 0.15) is 26.2 Å². The summed E-state index contributed by atoms with van der Waals surface area (Å²) in [7, 11) is 0. The third-order valence-corrected chi connectivity index (χ3v) is 2.09. The van der Waals surface area contributed by atoms with Crippen molar-refractivity contribution in [2.45, 2.75) is 26.2 Å². The molecule has 0 saturated carbocycles. The quantitative estimate of drug-likeness (QED) is 0.600. The lowest BCUT2D eigenvalue weighted by Crippen LogP contribution is -2.39. The molecule has 1 N–H and O–H groups in total. The summed E-state index contributed by atoms with van der Waals surface area (Å²) >= 11 is 0. The van der Waals surface area contributed by atoms with Crippen molar-refractivity contribution in [3.63, 3.8) is 0 Å². The first-order valence-electron chi connectivity index (χ1n) is 3.95. The lowest BCUT2D eigenvalue weighted by molar-refractivity contribution is -0.106. The Morgan fingerprint density at radius 1 is 1.40 bits per heavy atom. The Morgan fingerprint density at radius 2 is 2.10 bits per heavy atom. The van der Waals surface area contributed by atoms with Crippen molar-refractivity contribution in [3.05, 3.63) is 0 Å². The van der Waals surface area contributed by atoms with Crippen molar-refractivity contribution in [3.8, 4) is 0 Å². The standard InChI is InChI=1S/C8H16O2/c1-8(6-10-7-8)4-2-3-5-9/h9H,2-7H2,1H3. The minimum absolute atomic E-state index is 0.330. The lowest BCUT2D eigenvalue weighted by atomic mass is 9.83. The molecule has 1 rings (SSSR count). The average Bonchev–Trinajstić information content (AvgIpc) is 1.85. The molecule has 0 amide bonds. The van der Waals surface area contributed by atoms with Gasteiger partial charge in [-0.2, -0.15) is 0 Å². The number of hydrogen-bond acceptors (Lipinski definition) is 2. The highest BCUT2D eigenvalue weighted by Gasteiger charge is 2.32. The smallest absolute Gasteiger partial charge is 0.0542 e. The first kappa shape index (κ1) is 8.02. The van der Waals surface area contributed by atoms with E-state index >= 15 is 0 Å². The van der Waals surface area contributed by atoms with Crippen LogP contribution in [0.3, 0.4) is 0 Å². The van der Waals surface area contributed by atoms with Crippen molar-refractivity contribution in [1.29, 1.82) is 0 Å². The van der Waals surface area contributed by atoms with Gasteiger partial charge in [0.15, 0.2) is 0 Å². The molecule has 1 saturated heterocycles. The van der Waals surface area contributed by atoms with E-state index in [2.05, 4.69) is 6.92 Å². The zero-order valence-corrected chi connectivity index (χ0v) is 6.60. The first-order valence-corrected chi connectivity index (χ1v) is 3.95. The normalized spacial score (nSPS) is 22.2. The van der Waals surface area contributed by atoms with Gasteiger partial charge in [-0.15, -0.1) is 0 Å². The molecule has 0 aromatic carbocycles. The number of aliphatic hydroxyl groups is 1. The van der Waals surface area contributed by atoms with Gasteiger partial charge in [0.2, 0.25) is 0 Å². The number of aliphatic hydroxyl groups excluding tert-OH is 1. The highest BCUT2D eigenvalue weighted by molar-refractivity contribution is 4.80. The van der Waals surface area contributed by atoms with Gasteiger partial charge in [0, 0.05) is 12.0 Å². The first-order chi connectivity index (χ1) is 4.77. The van der Waals surface area contributed by atoms with Crippen molar-refractivity contribution in [2.75, 3.05) is 19.8 Å². The molecule has 10 heavy (non-hydrogen) atoms. The molecular formula is C8H16O2. The van der Waals surface area contributed by atoms with Crippen LogP contribution in [0.5, 0.6) is 0 Å². The third-order valence-electron chi connectivity index (χ3n) is 2.09. The molecule has 1 fully saturated rings. The zero-order valence-electron chi connectivity index (χ0n) is 6.60. The Bertz CT molecular complexity index is 97.4. The molecule has 60 valence electrons. The molecule has 1 aliphatic rings. The molecular weight excluding hydrogens is 128 g/mol. The van der Waals surface area contributed by atoms with Crippen LogP contribution < -0.4 is 0 Å². The number of hydrogen-bond donors (Lipinski definition) is 1. The van der Waals surface area contributed by atoms with Crippen molar-refractivity contribution in [1.82, 2.24) is 0 Å². The van der Waals surface area contributed by atoms with Gasteiger partial charge in [0.1, 0.15) is 0 Å². The second-order valence-electron chi connectivity index (χ2n) is 3.48. The highest BCUT2D eigenvalue weighted by atomic mass is 16.5. The van der Waals surface area contributed by atoms with Crippen LogP contribution in [0.25, 0.3) is 0 Å². The summed E-state index contributed by atoms with van der Waals surface area (Å²) in [6.07, 6.45) is 3.28. The van der Waals surface area contributed by atoms with E-state index in [4.69, 9.17) is 9.84 Å². The van der Waals surface area contributed by atoms with Crippen LogP contribution >= 0.6 is 0 Å². The van der Waals surface area contributed by atoms with Gasteiger partial charge in [-0.1, -0.05) is 13.3 Å². The Labute approximate surface area is 62.2 Å². The monoisotopic (exact) mass is 144 g/mol. The molecule has 2 heteroatoms. The van der Waals surface area contributed by atoms with Gasteiger partial charge in [-0.05, 0) is 12.8 Å². The fourth-order valence-electron chi connectivity index (χ4n) is 1.26. The van der Waals surface area contributed by atoms with E-state index < -0.39 is 0 Å². The Morgan fingerprint density at radius 3 is 2.50 bits per heavy atom. The largest absolute Gasteiger partial charge is 0.396 e. The molecule has 0 aromatic rings. The number of rotatable bonds is 4. The van der Waals surface area contributed by atoms with Gasteiger partial charge in [0.05, 0.1) is 13.2 Å². The molecule has 0 spiro atoms. The maximum atomic E-state index is 8.52. The van der Waals surface area contributed by atoms with Crippen LogP contribution in [0, 0.1) is 5.41 Å². The van der Waals surface area contributed by atoms with E-state index in [0.29, 0.717) is 12.0 Å². The Balaban J connectivity index is 2.01. The van der Waals surface area contributed by atoms with E-state index in [1.165, 1.54) is 6.42 Å². The summed E-state index contributed by atoms with van der Waals surface area (Å²) < 4.78 is 5.11. The summed E-state index contributed by atoms with van der Waals surface area (Å²) in [5.41, 5.74) is 0.440. The number of ether oxygens (including phenoxy) is 1. The minimum Gasteiger partial charge on any atom is -0.396 e. The zero-order chi connectivity index (χ0) is 7.45. The predicted octanol–water partition coefficient (Wildman–Crippen LogP) is 1.19. The van der Waals surface area contributed by atoms with E-state index in [0.717, 1.165) is 26.1 Å². The molecule has 0 radical (unpaired) electrons. The molecule has 0 bridgehead atoms. The van der Waals surface area contributed by atoms with Crippen molar-refractivity contribution < 1.29 is 9.84 Å². The van der Waals surface area contributed by atoms with Gasteiger partial charge < -0.3 is 9.84 Å². The Hall–Kier alpha value is -0.0800. The maximum Gasteiger partial charge on any atom is 0.0542 e. The summed E-state index contributed by atoms with van der Waals surface area (Å²) in [5.74, 6) is 0. The van der Waals surface area contributed by atoms with E-state index in [1.807, 2.05) is 0 Å². The number of unbranched alkanes of at least 4 members (excludes halogenated alkanes) is 1. The summed E-state index contributed by atoms with van der Waals surface area (Å²) in [5, 5.41) is 8.52. The fourth-order valence-corrected chi connectivity index (χ4v) is 1.26. The third kappa shape index (κ3) is 1.96. The summed E-state index contributed by atoms with van der Waals surface area (Å²) in [6, 6.07) is 0. The van der Waals surface area contributed by atoms with E-state index in [-0.39, 0.29) is 0 Å². The second kappa shape index (κ2) is 3.35. The molecule has 1 heterocycles. The van der Waals surface area contributed by atoms with Crippen LogP contribution in [-0.4, -0.2) is 24.9 Å². The Kier molecular flexibility index (Phi) is 2.69. The van der Waals surface area contributed by atoms with Gasteiger partial charge in [0.25, 0.3) is 0 Å². The molecule has 0 atom stereocenters. The fraction of sp³-hybridized carbons (Fsp3) is 1.00. The average molecular weight is 144 g/mol. The van der Waals surface area contributed by atoms with Gasteiger partial charge >= 0.3 is 0 Å². The molecule has 0 aromatic heterocycles.